The number of nitrogens with zero attached hydrogens (tertiary/aromatic N) is 1. The lowest BCUT2D eigenvalue weighted by Crippen LogP contribution is -2.47. The van der Waals surface area contributed by atoms with Crippen LogP contribution in [0.3, 0.4) is 0 Å². The zero-order valence-electron chi connectivity index (χ0n) is 48.7. The summed E-state index contributed by atoms with van der Waals surface area (Å²) in [4.78, 5) is 39.9. The van der Waals surface area contributed by atoms with E-state index in [2.05, 4.69) is 38.2 Å². The molecular formula is C62H121N2O7P. The van der Waals surface area contributed by atoms with E-state index in [0.29, 0.717) is 17.4 Å². The average molecular weight is 1040 g/mol. The SMILES string of the molecule is CCCCCCCC/C=C/CCCCCCCCCCCCCCCC(=O)OC(/C=C\CCCCCCCCCCCC)C(COP(=O)([O-])OCC[N+](C)(C)C)NC(=O)CCCCCCCCCCCCC. The van der Waals surface area contributed by atoms with Gasteiger partial charge in [-0.15, -0.1) is 0 Å². The highest BCUT2D eigenvalue weighted by atomic mass is 31.2. The Morgan fingerprint density at radius 3 is 1.18 bits per heavy atom. The lowest BCUT2D eigenvalue weighted by atomic mass is 10.0. The zero-order chi connectivity index (χ0) is 52.9. The van der Waals surface area contributed by atoms with E-state index in [1.54, 1.807) is 0 Å². The van der Waals surface area contributed by atoms with Crippen LogP contribution < -0.4 is 10.2 Å². The van der Waals surface area contributed by atoms with Crippen molar-refractivity contribution in [1.29, 1.82) is 0 Å². The number of carbonyl (C=O) groups excluding carboxylic acids is 2. The van der Waals surface area contributed by atoms with Crippen molar-refractivity contribution >= 4 is 19.7 Å². The third-order valence-corrected chi connectivity index (χ3v) is 15.1. The number of hydrogen-bond donors (Lipinski definition) is 1. The average Bonchev–Trinajstić information content (AvgIpc) is 3.34. The summed E-state index contributed by atoms with van der Waals surface area (Å²) in [6.45, 7) is 6.86. The first-order valence-corrected chi connectivity index (χ1v) is 32.6. The summed E-state index contributed by atoms with van der Waals surface area (Å²) < 4.78 is 30.3. The van der Waals surface area contributed by atoms with Crippen molar-refractivity contribution in [2.24, 2.45) is 0 Å². The van der Waals surface area contributed by atoms with E-state index in [1.165, 1.54) is 218 Å². The van der Waals surface area contributed by atoms with Gasteiger partial charge in [-0.25, -0.2) is 0 Å². The molecule has 9 nitrogen and oxygen atoms in total. The first-order valence-electron chi connectivity index (χ1n) is 31.1. The highest BCUT2D eigenvalue weighted by Crippen LogP contribution is 2.38. The largest absolute Gasteiger partial charge is 0.756 e. The molecule has 0 fully saturated rings. The fourth-order valence-corrected chi connectivity index (χ4v) is 10.0. The van der Waals surface area contributed by atoms with Crippen LogP contribution in [0.15, 0.2) is 24.3 Å². The molecular weight excluding hydrogens is 916 g/mol. The number of phosphoric ester groups is 1. The number of rotatable bonds is 57. The van der Waals surface area contributed by atoms with E-state index >= 15 is 0 Å². The number of esters is 1. The van der Waals surface area contributed by atoms with Gasteiger partial charge in [0.2, 0.25) is 5.91 Å². The second-order valence-corrected chi connectivity index (χ2v) is 24.0. The maximum absolute atomic E-state index is 13.5. The van der Waals surface area contributed by atoms with Gasteiger partial charge in [-0.3, -0.25) is 14.2 Å². The lowest BCUT2D eigenvalue weighted by Gasteiger charge is -2.30. The van der Waals surface area contributed by atoms with Gasteiger partial charge in [0.15, 0.2) is 0 Å². The first kappa shape index (κ1) is 70.5. The molecule has 0 aliphatic rings. The highest BCUT2D eigenvalue weighted by Gasteiger charge is 2.27. The van der Waals surface area contributed by atoms with Crippen molar-refractivity contribution in [3.63, 3.8) is 0 Å². The molecule has 0 spiro atoms. The normalized spacial score (nSPS) is 13.8. The molecule has 3 unspecified atom stereocenters. The second-order valence-electron chi connectivity index (χ2n) is 22.6. The van der Waals surface area contributed by atoms with E-state index in [0.717, 1.165) is 57.8 Å². The third-order valence-electron chi connectivity index (χ3n) is 14.1. The van der Waals surface area contributed by atoms with Gasteiger partial charge in [-0.2, -0.15) is 0 Å². The van der Waals surface area contributed by atoms with E-state index < -0.39 is 20.0 Å². The number of nitrogens with one attached hydrogen (secondary N) is 1. The Kier molecular flexibility index (Phi) is 51.8. The standard InChI is InChI=1S/C62H121N2O7P/c1-7-10-13-16-19-22-25-27-28-29-30-31-32-33-34-35-36-37-40-43-46-49-52-55-62(66)71-60(53-50-47-44-41-39-26-23-20-17-14-11-8-2)59(58-70-72(67,68)69-57-56-64(4,5)6)63-61(65)54-51-48-45-42-38-24-21-18-15-12-9-3/h27-28,50,53,59-60H,7-26,29-49,51-52,54-58H2,1-6H3,(H-,63,65,67,68)/b28-27+,53-50-. The molecule has 72 heavy (non-hydrogen) atoms. The smallest absolute Gasteiger partial charge is 0.306 e. The molecule has 0 aromatic heterocycles. The maximum atomic E-state index is 13.5. The fourth-order valence-electron chi connectivity index (χ4n) is 9.28. The molecule has 0 saturated heterocycles. The topological polar surface area (TPSA) is 114 Å². The second kappa shape index (κ2) is 52.9. The van der Waals surface area contributed by atoms with Gasteiger partial charge >= 0.3 is 5.97 Å². The highest BCUT2D eigenvalue weighted by molar-refractivity contribution is 7.45. The van der Waals surface area contributed by atoms with Crippen LogP contribution in [-0.2, 0) is 27.9 Å². The first-order chi connectivity index (χ1) is 34.9. The van der Waals surface area contributed by atoms with Crippen molar-refractivity contribution in [1.82, 2.24) is 5.32 Å². The molecule has 0 aromatic rings. The van der Waals surface area contributed by atoms with E-state index in [1.807, 2.05) is 33.3 Å². The number of carbonyl (C=O) groups is 2. The van der Waals surface area contributed by atoms with Crippen molar-refractivity contribution in [2.45, 2.75) is 322 Å². The predicted molar refractivity (Wildman–Crippen MR) is 307 cm³/mol. The molecule has 0 aliphatic carbocycles. The zero-order valence-corrected chi connectivity index (χ0v) is 49.6. The Morgan fingerprint density at radius 2 is 0.806 bits per heavy atom. The Hall–Kier alpha value is -1.51. The number of likely N-dealkylation sites (N-methyl/N-ethyl adjacent to an activating group) is 1. The minimum absolute atomic E-state index is 0.0185. The number of ether oxygens (including phenoxy) is 1. The molecule has 1 N–H and O–H groups in total. The Labute approximate surface area is 447 Å². The summed E-state index contributed by atoms with van der Waals surface area (Å²) in [5.41, 5.74) is 0. The number of allylic oxidation sites excluding steroid dienone is 3. The monoisotopic (exact) mass is 1040 g/mol. The van der Waals surface area contributed by atoms with Crippen LogP contribution in [0, 0.1) is 0 Å². The summed E-state index contributed by atoms with van der Waals surface area (Å²) >= 11 is 0. The van der Waals surface area contributed by atoms with E-state index in [9.17, 15) is 19.0 Å². The molecule has 426 valence electrons. The van der Waals surface area contributed by atoms with E-state index in [4.69, 9.17) is 13.8 Å². The van der Waals surface area contributed by atoms with Crippen LogP contribution in [0.4, 0.5) is 0 Å². The van der Waals surface area contributed by atoms with Crippen LogP contribution in [-0.4, -0.2) is 69.4 Å². The van der Waals surface area contributed by atoms with Gasteiger partial charge in [0.05, 0.1) is 33.8 Å². The minimum atomic E-state index is -4.69. The van der Waals surface area contributed by atoms with Gasteiger partial charge < -0.3 is 28.5 Å². The molecule has 0 rings (SSSR count). The number of quaternary nitrogens is 1. The summed E-state index contributed by atoms with van der Waals surface area (Å²) in [6, 6.07) is -0.880. The molecule has 0 aliphatic heterocycles. The minimum Gasteiger partial charge on any atom is -0.756 e. The summed E-state index contributed by atoms with van der Waals surface area (Å²) in [5.74, 6) is -0.527. The summed E-state index contributed by atoms with van der Waals surface area (Å²) in [7, 11) is 1.20. The Morgan fingerprint density at radius 1 is 0.472 bits per heavy atom. The number of hydrogen-bond acceptors (Lipinski definition) is 7. The van der Waals surface area contributed by atoms with Gasteiger partial charge in [-0.1, -0.05) is 264 Å². The van der Waals surface area contributed by atoms with Gasteiger partial charge in [0, 0.05) is 12.8 Å². The molecule has 0 bridgehead atoms. The molecule has 3 atom stereocenters. The number of phosphoric acid groups is 1. The van der Waals surface area contributed by atoms with Crippen LogP contribution in [0.2, 0.25) is 0 Å². The van der Waals surface area contributed by atoms with Crippen molar-refractivity contribution in [2.75, 3.05) is 40.9 Å². The van der Waals surface area contributed by atoms with Crippen molar-refractivity contribution in [3.05, 3.63) is 24.3 Å². The van der Waals surface area contributed by atoms with Crippen LogP contribution in [0.1, 0.15) is 310 Å². The maximum Gasteiger partial charge on any atom is 0.306 e. The number of amides is 1. The van der Waals surface area contributed by atoms with Crippen molar-refractivity contribution in [3.8, 4) is 0 Å². The molecule has 0 aromatic carbocycles. The third kappa shape index (κ3) is 53.3. The molecule has 1 amide bonds. The Balaban J connectivity index is 5.09. The van der Waals surface area contributed by atoms with Gasteiger partial charge in [-0.05, 0) is 57.4 Å². The summed E-state index contributed by atoms with van der Waals surface area (Å²) in [5, 5.41) is 3.03. The number of unbranched alkanes of at least 4 members (excludes halogenated alkanes) is 39. The van der Waals surface area contributed by atoms with Crippen molar-refractivity contribution < 1.29 is 37.3 Å². The molecule has 0 radical (unpaired) electrons. The van der Waals surface area contributed by atoms with Crippen LogP contribution in [0.5, 0.6) is 0 Å². The fraction of sp³-hybridized carbons (Fsp3) is 0.903. The van der Waals surface area contributed by atoms with Gasteiger partial charge in [0.25, 0.3) is 7.82 Å². The van der Waals surface area contributed by atoms with Gasteiger partial charge in [0.1, 0.15) is 19.3 Å². The molecule has 0 saturated carbocycles. The van der Waals surface area contributed by atoms with Crippen LogP contribution in [0.25, 0.3) is 0 Å². The summed E-state index contributed by atoms with van der Waals surface area (Å²) in [6.07, 6.45) is 61.5. The predicted octanol–water partition coefficient (Wildman–Crippen LogP) is 18.3. The van der Waals surface area contributed by atoms with E-state index in [-0.39, 0.29) is 31.5 Å². The Bertz CT molecular complexity index is 1290. The molecule has 10 heteroatoms. The van der Waals surface area contributed by atoms with Crippen LogP contribution >= 0.6 is 7.82 Å². The molecule has 0 heterocycles. The lowest BCUT2D eigenvalue weighted by molar-refractivity contribution is -0.870. The quantitative estimate of drug-likeness (QED) is 0.0212.